The van der Waals surface area contributed by atoms with Crippen LogP contribution in [0.3, 0.4) is 0 Å². The maximum absolute atomic E-state index is 14.7. The summed E-state index contributed by atoms with van der Waals surface area (Å²) in [6.07, 6.45) is 0.689. The number of nitrogen functional groups attached to an aromatic ring is 1. The predicted molar refractivity (Wildman–Crippen MR) is 280 cm³/mol. The van der Waals surface area contributed by atoms with Gasteiger partial charge in [-0.3, -0.25) is 34.1 Å². The van der Waals surface area contributed by atoms with Crippen molar-refractivity contribution in [2.75, 3.05) is 32.4 Å². The highest BCUT2D eigenvalue weighted by molar-refractivity contribution is 6.35. The maximum Gasteiger partial charge on any atom is 0.446 e. The first-order chi connectivity index (χ1) is 36.9. The highest BCUT2D eigenvalue weighted by atomic mass is 35.5. The summed E-state index contributed by atoms with van der Waals surface area (Å²) in [6, 6.07) is 18.3. The topological polar surface area (TPSA) is 298 Å². The molecule has 1 aliphatic rings. The lowest BCUT2D eigenvalue weighted by Crippen LogP contribution is -2.30. The van der Waals surface area contributed by atoms with E-state index < -0.39 is 47.8 Å². The summed E-state index contributed by atoms with van der Waals surface area (Å²) in [5.74, 6) is -2.15. The number of alkyl halides is 3. The fraction of sp³-hybridized carbons (Fsp3) is 0.137. The third-order valence-corrected chi connectivity index (χ3v) is 11.6. The maximum atomic E-state index is 14.7. The molecule has 0 radical (unpaired) electrons. The minimum absolute atomic E-state index is 0.0974. The first-order valence-corrected chi connectivity index (χ1v) is 23.2. The number of hydrogen-bond donors (Lipinski definition) is 6. The van der Waals surface area contributed by atoms with E-state index in [2.05, 4.69) is 25.6 Å². The van der Waals surface area contributed by atoms with Crippen molar-refractivity contribution in [3.63, 3.8) is 0 Å². The van der Waals surface area contributed by atoms with Gasteiger partial charge in [-0.05, 0) is 49.2 Å². The first-order valence-electron chi connectivity index (χ1n) is 22.1. The molecule has 0 spiro atoms. The molecule has 1 fully saturated rings. The van der Waals surface area contributed by atoms with Crippen LogP contribution in [0.15, 0.2) is 97.5 Å². The smallest absolute Gasteiger partial charge is 0.446 e. The van der Waals surface area contributed by atoms with E-state index in [0.29, 0.717) is 49.0 Å². The first kappa shape index (κ1) is 58.3. The van der Waals surface area contributed by atoms with Crippen molar-refractivity contribution < 1.29 is 69.6 Å². The van der Waals surface area contributed by atoms with Crippen LogP contribution in [0.4, 0.5) is 38.1 Å². The molecule has 78 heavy (non-hydrogen) atoms. The molecule has 0 atom stereocenters. The van der Waals surface area contributed by atoms with Gasteiger partial charge in [0.25, 0.3) is 17.7 Å². The third-order valence-electron chi connectivity index (χ3n) is 10.7. The van der Waals surface area contributed by atoms with Crippen LogP contribution in [0, 0.1) is 11.6 Å². The van der Waals surface area contributed by atoms with Crippen molar-refractivity contribution in [3.8, 4) is 40.2 Å². The van der Waals surface area contributed by atoms with Gasteiger partial charge in [0, 0.05) is 83.3 Å². The van der Waals surface area contributed by atoms with E-state index in [0.717, 1.165) is 25.0 Å². The molecule has 3 heterocycles. The molecule has 5 amide bonds. The average Bonchev–Trinajstić information content (AvgIpc) is 4.26. The summed E-state index contributed by atoms with van der Waals surface area (Å²) < 4.78 is 86.8. The molecule has 10 N–H and O–H groups in total. The van der Waals surface area contributed by atoms with E-state index >= 15 is 0 Å². The number of ether oxygens (including phenoxy) is 5. The number of halogens is 8. The quantitative estimate of drug-likeness (QED) is 0.0377. The number of aromatic nitrogens is 3. The van der Waals surface area contributed by atoms with Gasteiger partial charge in [-0.1, -0.05) is 34.8 Å². The summed E-state index contributed by atoms with van der Waals surface area (Å²) in [4.78, 5) is 67.7. The number of anilines is 2. The van der Waals surface area contributed by atoms with Gasteiger partial charge in [-0.25, -0.2) is 13.6 Å². The molecular formula is C51H41Cl3F5N9O10. The Labute approximate surface area is 452 Å². The Bertz CT molecular complexity index is 3630. The zero-order chi connectivity index (χ0) is 57.2. The minimum atomic E-state index is -4.64. The van der Waals surface area contributed by atoms with Crippen molar-refractivity contribution >= 4 is 109 Å². The van der Waals surface area contributed by atoms with Gasteiger partial charge in [0.05, 0.1) is 81.0 Å². The van der Waals surface area contributed by atoms with Crippen LogP contribution in [-0.4, -0.2) is 78.5 Å². The van der Waals surface area contributed by atoms with Crippen LogP contribution < -0.4 is 57.3 Å². The molecule has 19 nitrogen and oxygen atoms in total. The number of benzene rings is 5. The van der Waals surface area contributed by atoms with Crippen LogP contribution in [0.1, 0.15) is 43.9 Å². The largest absolute Gasteiger partial charge is 0.496 e. The summed E-state index contributed by atoms with van der Waals surface area (Å²) in [5, 5.41) is 7.61. The second kappa shape index (κ2) is 25.2. The van der Waals surface area contributed by atoms with E-state index in [1.807, 2.05) is 0 Å². The molecule has 0 aliphatic heterocycles. The molecule has 0 saturated heterocycles. The van der Waals surface area contributed by atoms with Crippen LogP contribution in [0.5, 0.6) is 40.2 Å². The number of urea groups is 1. The number of carbonyl (C=O) groups is 5. The van der Waals surface area contributed by atoms with Crippen LogP contribution >= 0.6 is 34.8 Å². The van der Waals surface area contributed by atoms with Gasteiger partial charge in [0.2, 0.25) is 6.29 Å². The van der Waals surface area contributed by atoms with Gasteiger partial charge in [0.15, 0.2) is 23.1 Å². The van der Waals surface area contributed by atoms with E-state index in [1.165, 1.54) is 76.2 Å². The number of nitrogens with two attached hydrogens (primary N) is 4. The monoisotopic (exact) mass is 1140 g/mol. The number of methoxy groups -OCH3 is 3. The molecule has 27 heteroatoms. The normalized spacial score (nSPS) is 11.6. The van der Waals surface area contributed by atoms with Crippen LogP contribution in [0.2, 0.25) is 15.1 Å². The number of carbonyl (C=O) groups excluding carboxylic acids is 5. The van der Waals surface area contributed by atoms with Gasteiger partial charge in [0.1, 0.15) is 28.7 Å². The van der Waals surface area contributed by atoms with Gasteiger partial charge in [-0.2, -0.15) is 13.2 Å². The van der Waals surface area contributed by atoms with Crippen molar-refractivity contribution in [1.82, 2.24) is 20.3 Å². The Balaban J connectivity index is 0.000000187. The molecular weight excluding hydrogens is 1100 g/mol. The van der Waals surface area contributed by atoms with E-state index in [1.54, 1.807) is 30.5 Å². The molecule has 406 valence electrons. The Morgan fingerprint density at radius 1 is 0.577 bits per heavy atom. The van der Waals surface area contributed by atoms with E-state index in [9.17, 15) is 41.1 Å². The average molecular weight is 1140 g/mol. The number of nitrogens with one attached hydrogen (secondary N) is 2. The number of aldehydes is 1. The molecule has 9 rings (SSSR count). The van der Waals surface area contributed by atoms with Crippen molar-refractivity contribution in [2.45, 2.75) is 25.1 Å². The zero-order valence-electron chi connectivity index (χ0n) is 40.6. The Kier molecular flexibility index (Phi) is 18.8. The standard InChI is InChI=1S/C21H18ClFN4O4.C17H13ClFN3O3.C11H9ClN2O2.C2HF3O/c1-30-18-9-15-11(6-12(18)20(24)28)17(4-5-25-15)31-19-7-13(22)16(8-14(19)23)27-21(29)26-10-2-3-10;1-24-15-7-13-8(4-9(15)17(21)23)14(2-3-22-13)25-16-5-10(18)12(20)6-11(16)19;1-16-10-5-9-6(4-7(10)11(13)15)8(12)2-3-14-9;3-2(4,5)1-6/h4-10H,2-3H2,1H3,(H2,24,28)(H2,26,27,29);2-7H,20H2,1H3,(H2,21,23);2-5H,1H3,(H2,13,15);1H. The van der Waals surface area contributed by atoms with Crippen LogP contribution in [0.25, 0.3) is 32.7 Å². The molecule has 1 saturated carbocycles. The molecule has 3 aromatic heterocycles. The number of fused-ring (bicyclic) bond motifs is 3. The number of primary amides is 3. The van der Waals surface area contributed by atoms with Crippen LogP contribution in [-0.2, 0) is 4.79 Å². The van der Waals surface area contributed by atoms with Crippen molar-refractivity contribution in [2.24, 2.45) is 17.2 Å². The zero-order valence-corrected chi connectivity index (χ0v) is 42.8. The number of hydrogen-bond acceptors (Lipinski definition) is 14. The number of nitrogens with zero attached hydrogens (tertiary/aromatic N) is 3. The second-order valence-corrected chi connectivity index (χ2v) is 17.2. The number of pyridine rings is 3. The summed E-state index contributed by atoms with van der Waals surface area (Å²) in [5.41, 5.74) is 24.0. The lowest BCUT2D eigenvalue weighted by atomic mass is 10.1. The van der Waals surface area contributed by atoms with Gasteiger partial charge < -0.3 is 57.3 Å². The molecule has 0 unspecified atom stereocenters. The SMILES string of the molecule is COc1cc2nccc(Cl)c2cc1C(N)=O.COc1cc2nccc(Oc3cc(Cl)c(N)cc3F)c2cc1C(N)=O.COc1cc2nccc(Oc3cc(Cl)c(NC(=O)NC4CC4)cc3F)c2cc1C(N)=O.O=CC(F)(F)F. The molecule has 5 aromatic carbocycles. The third kappa shape index (κ3) is 14.7. The van der Waals surface area contributed by atoms with Crippen molar-refractivity contribution in [1.29, 1.82) is 0 Å². The van der Waals surface area contributed by atoms with Crippen molar-refractivity contribution in [3.05, 3.63) is 141 Å². The fourth-order valence-corrected chi connectivity index (χ4v) is 7.39. The van der Waals surface area contributed by atoms with E-state index in [-0.39, 0.29) is 73.1 Å². The highest BCUT2D eigenvalue weighted by Crippen LogP contribution is 2.39. The Hall–Kier alpha value is -9.00. The van der Waals surface area contributed by atoms with Gasteiger partial charge >= 0.3 is 12.2 Å². The van der Waals surface area contributed by atoms with Gasteiger partial charge in [-0.15, -0.1) is 0 Å². The highest BCUT2D eigenvalue weighted by Gasteiger charge is 2.26. The second-order valence-electron chi connectivity index (χ2n) is 16.0. The lowest BCUT2D eigenvalue weighted by Gasteiger charge is -2.14. The predicted octanol–water partition coefficient (Wildman–Crippen LogP) is 10.5. The molecule has 1 aliphatic carbocycles. The number of amides is 5. The Morgan fingerprint density at radius 2 is 0.974 bits per heavy atom. The van der Waals surface area contributed by atoms with E-state index in [4.69, 9.17) is 86.2 Å². The summed E-state index contributed by atoms with van der Waals surface area (Å²) in [7, 11) is 4.30. The minimum Gasteiger partial charge on any atom is -0.496 e. The lowest BCUT2D eigenvalue weighted by molar-refractivity contribution is -0.156. The number of rotatable bonds is 12. The molecule has 8 aromatic rings. The fourth-order valence-electron chi connectivity index (χ4n) is 6.83. The Morgan fingerprint density at radius 3 is 1.38 bits per heavy atom. The summed E-state index contributed by atoms with van der Waals surface area (Å²) >= 11 is 18.1. The summed E-state index contributed by atoms with van der Waals surface area (Å²) in [6.45, 7) is 0. The molecule has 0 bridgehead atoms.